The molecule has 0 aliphatic rings. The molecule has 2 aromatic rings. The minimum atomic E-state index is -0.995. The van der Waals surface area contributed by atoms with Crippen LogP contribution in [0.5, 0.6) is 11.5 Å². The van der Waals surface area contributed by atoms with Crippen LogP contribution in [0.15, 0.2) is 36.4 Å². The summed E-state index contributed by atoms with van der Waals surface area (Å²) in [5.74, 6) is 1.02. The van der Waals surface area contributed by atoms with Crippen LogP contribution in [0.1, 0.15) is 30.9 Å². The zero-order chi connectivity index (χ0) is 17.9. The van der Waals surface area contributed by atoms with Crippen LogP contribution in [0.3, 0.4) is 0 Å². The van der Waals surface area contributed by atoms with Crippen LogP contribution >= 0.6 is 45.2 Å². The van der Waals surface area contributed by atoms with E-state index in [9.17, 15) is 4.79 Å². The Morgan fingerprint density at radius 2 is 1.83 bits per heavy atom. The summed E-state index contributed by atoms with van der Waals surface area (Å²) < 4.78 is 7.94. The van der Waals surface area contributed by atoms with E-state index >= 15 is 0 Å². The molecule has 0 fully saturated rings. The van der Waals surface area contributed by atoms with Crippen LogP contribution in [0.4, 0.5) is 0 Å². The van der Waals surface area contributed by atoms with E-state index in [1.54, 1.807) is 0 Å². The predicted octanol–water partition coefficient (Wildman–Crippen LogP) is 4.77. The normalized spacial score (nSPS) is 12.2. The number of aliphatic carboxylic acids is 1. The fraction of sp³-hybridized carbons (Fsp3) is 0.278. The van der Waals surface area contributed by atoms with Crippen molar-refractivity contribution in [3.8, 4) is 11.5 Å². The number of rotatable bonds is 6. The average Bonchev–Trinajstić information content (AvgIpc) is 2.51. The lowest BCUT2D eigenvalue weighted by atomic mass is 10.0. The summed E-state index contributed by atoms with van der Waals surface area (Å²) in [5.41, 5.74) is 7.73. The Kier molecular flexibility index (Phi) is 6.88. The van der Waals surface area contributed by atoms with Crippen LogP contribution in [0.25, 0.3) is 0 Å². The Morgan fingerprint density at radius 1 is 1.21 bits per heavy atom. The molecule has 0 spiro atoms. The number of carbonyl (C=O) groups is 1. The van der Waals surface area contributed by atoms with Gasteiger partial charge in [-0.25, -0.2) is 0 Å². The fourth-order valence-electron chi connectivity index (χ4n) is 2.22. The second kappa shape index (κ2) is 8.48. The standard InChI is InChI=1S/C18H19I2NO3/c1-10(2)12-4-3-5-13(9-12)24-17-14(19)6-11(7-15(17)20)8-16(21)18(22)23/h3-7,9-10,16H,8,21H2,1-2H3,(H,22,23)/t16-/m0/s1. The number of nitrogens with two attached hydrogens (primary N) is 1. The van der Waals surface area contributed by atoms with Crippen molar-refractivity contribution in [3.05, 3.63) is 54.7 Å². The Labute approximate surface area is 169 Å². The topological polar surface area (TPSA) is 72.5 Å². The van der Waals surface area contributed by atoms with Gasteiger partial charge in [-0.2, -0.15) is 0 Å². The molecule has 6 heteroatoms. The molecule has 0 saturated carbocycles. The molecular weight excluding hydrogens is 532 g/mol. The van der Waals surface area contributed by atoms with Gasteiger partial charge in [-0.05, 0) is 92.9 Å². The van der Waals surface area contributed by atoms with Crippen molar-refractivity contribution in [2.45, 2.75) is 32.2 Å². The highest BCUT2D eigenvalue weighted by Gasteiger charge is 2.16. The number of halogens is 2. The summed E-state index contributed by atoms with van der Waals surface area (Å²) in [7, 11) is 0. The molecule has 0 heterocycles. The van der Waals surface area contributed by atoms with Crippen molar-refractivity contribution < 1.29 is 14.6 Å². The van der Waals surface area contributed by atoms with Gasteiger partial charge in [0.2, 0.25) is 0 Å². The number of hydrogen-bond acceptors (Lipinski definition) is 3. The molecule has 128 valence electrons. The lowest BCUT2D eigenvalue weighted by molar-refractivity contribution is -0.138. The lowest BCUT2D eigenvalue weighted by Gasteiger charge is -2.14. The summed E-state index contributed by atoms with van der Waals surface area (Å²) in [5, 5.41) is 8.95. The maximum Gasteiger partial charge on any atom is 0.320 e. The molecule has 0 aliphatic heterocycles. The van der Waals surface area contributed by atoms with E-state index in [1.165, 1.54) is 5.56 Å². The minimum absolute atomic E-state index is 0.296. The molecule has 1 atom stereocenters. The molecule has 0 aliphatic carbocycles. The maximum absolute atomic E-state index is 10.9. The Morgan fingerprint density at radius 3 is 2.38 bits per heavy atom. The Bertz CT molecular complexity index is 724. The summed E-state index contributed by atoms with van der Waals surface area (Å²) in [6.45, 7) is 4.29. The highest BCUT2D eigenvalue weighted by molar-refractivity contribution is 14.1. The average molecular weight is 551 g/mol. The monoisotopic (exact) mass is 551 g/mol. The van der Waals surface area contributed by atoms with Crippen LogP contribution < -0.4 is 10.5 Å². The summed E-state index contributed by atoms with van der Waals surface area (Å²) in [6.07, 6.45) is 0.296. The summed E-state index contributed by atoms with van der Waals surface area (Å²) in [6, 6.07) is 11.0. The van der Waals surface area contributed by atoms with Crippen LogP contribution in [-0.4, -0.2) is 17.1 Å². The number of hydrogen-bond donors (Lipinski definition) is 2. The molecular formula is C18H19I2NO3. The molecule has 0 unspecified atom stereocenters. The van der Waals surface area contributed by atoms with E-state index in [-0.39, 0.29) is 0 Å². The van der Waals surface area contributed by atoms with Gasteiger partial charge in [0, 0.05) is 0 Å². The van der Waals surface area contributed by atoms with Gasteiger partial charge in [0.15, 0.2) is 5.75 Å². The summed E-state index contributed by atoms with van der Waals surface area (Å²) in [4.78, 5) is 10.9. The molecule has 0 bridgehead atoms. The predicted molar refractivity (Wildman–Crippen MR) is 112 cm³/mol. The van der Waals surface area contributed by atoms with E-state index in [0.29, 0.717) is 12.3 Å². The van der Waals surface area contributed by atoms with Gasteiger partial charge in [-0.1, -0.05) is 26.0 Å². The molecule has 4 nitrogen and oxygen atoms in total. The van der Waals surface area contributed by atoms with E-state index in [1.807, 2.05) is 30.3 Å². The lowest BCUT2D eigenvalue weighted by Crippen LogP contribution is -2.32. The first-order valence-electron chi connectivity index (χ1n) is 7.52. The van der Waals surface area contributed by atoms with Gasteiger partial charge in [-0.3, -0.25) is 4.79 Å². The molecule has 3 N–H and O–H groups in total. The zero-order valence-corrected chi connectivity index (χ0v) is 17.7. The summed E-state index contributed by atoms with van der Waals surface area (Å²) >= 11 is 4.41. The van der Waals surface area contributed by atoms with Gasteiger partial charge in [0.25, 0.3) is 0 Å². The molecule has 0 aromatic heterocycles. The van der Waals surface area contributed by atoms with Crippen LogP contribution in [-0.2, 0) is 11.2 Å². The molecule has 0 saturated heterocycles. The number of ether oxygens (including phenoxy) is 1. The van der Waals surface area contributed by atoms with Gasteiger partial charge in [0.1, 0.15) is 11.8 Å². The first kappa shape index (κ1) is 19.5. The van der Waals surface area contributed by atoms with E-state index in [0.717, 1.165) is 24.2 Å². The van der Waals surface area contributed by atoms with Gasteiger partial charge < -0.3 is 15.6 Å². The quantitative estimate of drug-likeness (QED) is 0.508. The second-order valence-corrected chi connectivity index (χ2v) is 8.19. The third kappa shape index (κ3) is 5.06. The largest absolute Gasteiger partial charge is 0.480 e. The third-order valence-electron chi connectivity index (χ3n) is 3.58. The van der Waals surface area contributed by atoms with Crippen LogP contribution in [0, 0.1) is 7.14 Å². The number of carboxylic acids is 1. The molecule has 2 aromatic carbocycles. The minimum Gasteiger partial charge on any atom is -0.480 e. The second-order valence-electron chi connectivity index (χ2n) is 5.87. The first-order chi connectivity index (χ1) is 11.3. The zero-order valence-electron chi connectivity index (χ0n) is 13.4. The van der Waals surface area contributed by atoms with E-state index < -0.39 is 12.0 Å². The Balaban J connectivity index is 2.25. The van der Waals surface area contributed by atoms with Gasteiger partial charge in [-0.15, -0.1) is 0 Å². The number of benzene rings is 2. The maximum atomic E-state index is 10.9. The Hall–Kier alpha value is -0.870. The van der Waals surface area contributed by atoms with E-state index in [2.05, 4.69) is 65.1 Å². The van der Waals surface area contributed by atoms with Crippen molar-refractivity contribution in [2.24, 2.45) is 5.73 Å². The smallest absolute Gasteiger partial charge is 0.320 e. The van der Waals surface area contributed by atoms with Gasteiger partial charge in [0.05, 0.1) is 7.14 Å². The van der Waals surface area contributed by atoms with Crippen LogP contribution in [0.2, 0.25) is 0 Å². The van der Waals surface area contributed by atoms with E-state index in [4.69, 9.17) is 15.6 Å². The van der Waals surface area contributed by atoms with Crippen molar-refractivity contribution in [1.29, 1.82) is 0 Å². The highest BCUT2D eigenvalue weighted by atomic mass is 127. The fourth-order valence-corrected chi connectivity index (χ4v) is 4.34. The van der Waals surface area contributed by atoms with Crippen molar-refractivity contribution in [1.82, 2.24) is 0 Å². The third-order valence-corrected chi connectivity index (χ3v) is 5.18. The van der Waals surface area contributed by atoms with Crippen molar-refractivity contribution >= 4 is 51.2 Å². The molecule has 0 radical (unpaired) electrons. The highest BCUT2D eigenvalue weighted by Crippen LogP contribution is 2.34. The molecule has 24 heavy (non-hydrogen) atoms. The number of carboxylic acid groups (broad SMARTS) is 1. The molecule has 2 rings (SSSR count). The SMILES string of the molecule is CC(C)c1cccc(Oc2c(I)cc(C[C@H](N)C(=O)O)cc2I)c1. The van der Waals surface area contributed by atoms with Gasteiger partial charge >= 0.3 is 5.97 Å². The van der Waals surface area contributed by atoms with Crippen molar-refractivity contribution in [2.75, 3.05) is 0 Å². The molecule has 0 amide bonds. The first-order valence-corrected chi connectivity index (χ1v) is 9.67. The van der Waals surface area contributed by atoms with Crippen molar-refractivity contribution in [3.63, 3.8) is 0 Å².